The van der Waals surface area contributed by atoms with E-state index in [-0.39, 0.29) is 11.8 Å². The molecule has 1 amide bonds. The van der Waals surface area contributed by atoms with E-state index in [0.29, 0.717) is 6.54 Å². The molecule has 0 radical (unpaired) electrons. The standard InChI is InChI=1S/C13H15N3OS/c17-12(10-4-2-1-3-5-10)14-8-11-9-16-6-7-18-13(16)15-11/h1-2,6-7,9-10H,3-5,8H2,(H,14,17). The second-order valence-electron chi connectivity index (χ2n) is 4.52. The predicted octanol–water partition coefficient (Wildman–Crippen LogP) is 2.37. The predicted molar refractivity (Wildman–Crippen MR) is 71.4 cm³/mol. The van der Waals surface area contributed by atoms with Crippen LogP contribution in [0.25, 0.3) is 4.96 Å². The summed E-state index contributed by atoms with van der Waals surface area (Å²) in [5.41, 5.74) is 0.918. The van der Waals surface area contributed by atoms with Crippen molar-refractivity contribution >= 4 is 22.2 Å². The number of rotatable bonds is 3. The van der Waals surface area contributed by atoms with Gasteiger partial charge in [-0.05, 0) is 19.3 Å². The molecule has 0 saturated carbocycles. The molecule has 0 saturated heterocycles. The molecule has 1 atom stereocenters. The number of allylic oxidation sites excluding steroid dienone is 2. The molecule has 2 heterocycles. The number of imidazole rings is 1. The van der Waals surface area contributed by atoms with Crippen LogP contribution in [0.2, 0.25) is 0 Å². The van der Waals surface area contributed by atoms with Gasteiger partial charge in [0.1, 0.15) is 0 Å². The molecule has 0 spiro atoms. The minimum atomic E-state index is 0.138. The fraction of sp³-hybridized carbons (Fsp3) is 0.385. The maximum Gasteiger partial charge on any atom is 0.223 e. The lowest BCUT2D eigenvalue weighted by atomic mass is 9.94. The highest BCUT2D eigenvalue weighted by Crippen LogP contribution is 2.18. The lowest BCUT2D eigenvalue weighted by molar-refractivity contribution is -0.125. The van der Waals surface area contributed by atoms with Crippen molar-refractivity contribution < 1.29 is 4.79 Å². The van der Waals surface area contributed by atoms with Crippen molar-refractivity contribution in [2.24, 2.45) is 5.92 Å². The Bertz CT molecular complexity index is 555. The highest BCUT2D eigenvalue weighted by Gasteiger charge is 2.18. The zero-order valence-corrected chi connectivity index (χ0v) is 10.8. The first-order valence-corrected chi connectivity index (χ1v) is 7.04. The van der Waals surface area contributed by atoms with Crippen molar-refractivity contribution in [3.05, 3.63) is 35.6 Å². The van der Waals surface area contributed by atoms with Gasteiger partial charge in [-0.25, -0.2) is 4.98 Å². The van der Waals surface area contributed by atoms with Crippen LogP contribution < -0.4 is 5.32 Å². The van der Waals surface area contributed by atoms with E-state index in [4.69, 9.17) is 0 Å². The SMILES string of the molecule is O=C(NCc1cn2ccsc2n1)C1CC=CCC1. The van der Waals surface area contributed by atoms with E-state index in [1.54, 1.807) is 11.3 Å². The topological polar surface area (TPSA) is 46.4 Å². The summed E-state index contributed by atoms with van der Waals surface area (Å²) in [4.78, 5) is 17.4. The Morgan fingerprint density at radius 2 is 2.50 bits per heavy atom. The third kappa shape index (κ3) is 2.31. The van der Waals surface area contributed by atoms with Crippen molar-refractivity contribution in [2.75, 3.05) is 0 Å². The number of fused-ring (bicyclic) bond motifs is 1. The number of aromatic nitrogens is 2. The molecule has 0 bridgehead atoms. The molecule has 1 aliphatic carbocycles. The van der Waals surface area contributed by atoms with E-state index in [1.165, 1.54) is 0 Å². The van der Waals surface area contributed by atoms with Crippen molar-refractivity contribution in [3.8, 4) is 0 Å². The molecule has 0 aliphatic heterocycles. The summed E-state index contributed by atoms with van der Waals surface area (Å²) in [7, 11) is 0. The van der Waals surface area contributed by atoms with Gasteiger partial charge in [-0.3, -0.25) is 9.20 Å². The molecular formula is C13H15N3OS. The Kier molecular flexibility index (Phi) is 3.15. The van der Waals surface area contributed by atoms with Crippen LogP contribution in [-0.2, 0) is 11.3 Å². The van der Waals surface area contributed by atoms with Gasteiger partial charge in [-0.2, -0.15) is 0 Å². The third-order valence-corrected chi connectivity index (χ3v) is 4.00. The molecule has 2 aromatic rings. The summed E-state index contributed by atoms with van der Waals surface area (Å²) in [5.74, 6) is 0.287. The number of carbonyl (C=O) groups excluding carboxylic acids is 1. The number of thiazole rings is 1. The molecule has 4 nitrogen and oxygen atoms in total. The van der Waals surface area contributed by atoms with Crippen molar-refractivity contribution in [3.63, 3.8) is 0 Å². The first-order valence-electron chi connectivity index (χ1n) is 6.17. The Morgan fingerprint density at radius 1 is 1.56 bits per heavy atom. The summed E-state index contributed by atoms with van der Waals surface area (Å²) < 4.78 is 1.98. The molecule has 94 valence electrons. The molecule has 1 N–H and O–H groups in total. The van der Waals surface area contributed by atoms with E-state index >= 15 is 0 Å². The maximum absolute atomic E-state index is 11.9. The fourth-order valence-corrected chi connectivity index (χ4v) is 2.93. The van der Waals surface area contributed by atoms with Gasteiger partial charge >= 0.3 is 0 Å². The van der Waals surface area contributed by atoms with Crippen molar-refractivity contribution in [1.29, 1.82) is 0 Å². The van der Waals surface area contributed by atoms with E-state index in [0.717, 1.165) is 29.9 Å². The van der Waals surface area contributed by atoms with Gasteiger partial charge in [0, 0.05) is 23.7 Å². The Balaban J connectivity index is 1.59. The van der Waals surface area contributed by atoms with Crippen LogP contribution in [0, 0.1) is 5.92 Å². The van der Waals surface area contributed by atoms with Gasteiger partial charge in [0.2, 0.25) is 5.91 Å². The summed E-state index contributed by atoms with van der Waals surface area (Å²) in [6.45, 7) is 0.521. The summed E-state index contributed by atoms with van der Waals surface area (Å²) >= 11 is 1.60. The van der Waals surface area contributed by atoms with Gasteiger partial charge in [0.05, 0.1) is 12.2 Å². The average molecular weight is 261 g/mol. The first kappa shape index (κ1) is 11.5. The molecule has 2 aromatic heterocycles. The highest BCUT2D eigenvalue weighted by molar-refractivity contribution is 7.15. The second kappa shape index (κ2) is 4.94. The Morgan fingerprint density at radius 3 is 3.28 bits per heavy atom. The lowest BCUT2D eigenvalue weighted by Crippen LogP contribution is -2.30. The van der Waals surface area contributed by atoms with E-state index in [1.807, 2.05) is 22.2 Å². The Hall–Kier alpha value is -1.62. The third-order valence-electron chi connectivity index (χ3n) is 3.23. The Labute approximate surface area is 109 Å². The first-order chi connectivity index (χ1) is 8.83. The number of nitrogens with one attached hydrogen (secondary N) is 1. The maximum atomic E-state index is 11.9. The van der Waals surface area contributed by atoms with Crippen LogP contribution >= 0.6 is 11.3 Å². The van der Waals surface area contributed by atoms with Gasteiger partial charge in [-0.1, -0.05) is 12.2 Å². The van der Waals surface area contributed by atoms with E-state index in [2.05, 4.69) is 22.5 Å². The molecule has 5 heteroatoms. The fourth-order valence-electron chi connectivity index (χ4n) is 2.22. The monoisotopic (exact) mass is 261 g/mol. The largest absolute Gasteiger partial charge is 0.350 e. The minimum absolute atomic E-state index is 0.138. The highest BCUT2D eigenvalue weighted by atomic mass is 32.1. The molecule has 1 aliphatic rings. The number of hydrogen-bond donors (Lipinski definition) is 1. The summed E-state index contributed by atoms with van der Waals surface area (Å²) in [5, 5.41) is 4.97. The average Bonchev–Trinajstić information content (AvgIpc) is 2.97. The van der Waals surface area contributed by atoms with E-state index < -0.39 is 0 Å². The molecule has 0 aromatic carbocycles. The zero-order valence-electron chi connectivity index (χ0n) is 10.0. The van der Waals surface area contributed by atoms with Gasteiger partial charge in [0.15, 0.2) is 4.96 Å². The van der Waals surface area contributed by atoms with Crippen LogP contribution in [0.5, 0.6) is 0 Å². The molecule has 3 rings (SSSR count). The summed E-state index contributed by atoms with van der Waals surface area (Å²) in [6, 6.07) is 0. The van der Waals surface area contributed by atoms with Gasteiger partial charge in [-0.15, -0.1) is 11.3 Å². The van der Waals surface area contributed by atoms with Crippen LogP contribution in [0.1, 0.15) is 25.0 Å². The van der Waals surface area contributed by atoms with Crippen LogP contribution in [0.4, 0.5) is 0 Å². The molecule has 0 fully saturated rings. The van der Waals surface area contributed by atoms with Crippen LogP contribution in [0.15, 0.2) is 29.9 Å². The molecule has 1 unspecified atom stereocenters. The molecular weight excluding hydrogens is 246 g/mol. The number of amides is 1. The van der Waals surface area contributed by atoms with Crippen LogP contribution in [-0.4, -0.2) is 15.3 Å². The van der Waals surface area contributed by atoms with Crippen LogP contribution in [0.3, 0.4) is 0 Å². The van der Waals surface area contributed by atoms with Gasteiger partial charge in [0.25, 0.3) is 0 Å². The van der Waals surface area contributed by atoms with E-state index in [9.17, 15) is 4.79 Å². The van der Waals surface area contributed by atoms with Gasteiger partial charge < -0.3 is 5.32 Å². The number of nitrogens with zero attached hydrogens (tertiary/aromatic N) is 2. The quantitative estimate of drug-likeness (QED) is 0.862. The normalized spacial score (nSPS) is 19.2. The zero-order chi connectivity index (χ0) is 12.4. The minimum Gasteiger partial charge on any atom is -0.350 e. The second-order valence-corrected chi connectivity index (χ2v) is 5.40. The molecule has 18 heavy (non-hydrogen) atoms. The van der Waals surface area contributed by atoms with Crippen molar-refractivity contribution in [1.82, 2.24) is 14.7 Å². The lowest BCUT2D eigenvalue weighted by Gasteiger charge is -2.16. The smallest absolute Gasteiger partial charge is 0.223 e. The number of hydrogen-bond acceptors (Lipinski definition) is 3. The summed E-state index contributed by atoms with van der Waals surface area (Å²) in [6.07, 6.45) is 11.0. The van der Waals surface area contributed by atoms with Crippen molar-refractivity contribution in [2.45, 2.75) is 25.8 Å². The number of carbonyl (C=O) groups is 1.